The van der Waals surface area contributed by atoms with Crippen molar-refractivity contribution in [2.24, 2.45) is 5.84 Å². The maximum atomic E-state index is 12.4. The molecule has 19 heavy (non-hydrogen) atoms. The van der Waals surface area contributed by atoms with Crippen molar-refractivity contribution in [3.63, 3.8) is 0 Å². The number of nitrogen functional groups attached to an aromatic ring is 1. The van der Waals surface area contributed by atoms with E-state index in [1.165, 1.54) is 6.20 Å². The maximum absolute atomic E-state index is 12.4. The van der Waals surface area contributed by atoms with Gasteiger partial charge in [0.2, 0.25) is 0 Å². The van der Waals surface area contributed by atoms with Crippen molar-refractivity contribution in [2.75, 3.05) is 18.5 Å². The van der Waals surface area contributed by atoms with Crippen LogP contribution in [0.2, 0.25) is 0 Å². The molecule has 2 rings (SSSR count). The fraction of sp³-hybridized carbons (Fsp3) is 0.583. The first kappa shape index (κ1) is 13.7. The number of hydrogen-bond donors (Lipinski definition) is 3. The average Bonchev–Trinajstić information content (AvgIpc) is 2.83. The summed E-state index contributed by atoms with van der Waals surface area (Å²) in [4.78, 5) is 22.4. The maximum Gasteiger partial charge on any atom is 0.274 e. The number of aliphatic hydroxyl groups is 1. The Morgan fingerprint density at radius 3 is 2.89 bits per heavy atom. The summed E-state index contributed by atoms with van der Waals surface area (Å²) in [5.41, 5.74) is 3.10. The van der Waals surface area contributed by atoms with Gasteiger partial charge in [0.05, 0.1) is 18.0 Å². The van der Waals surface area contributed by atoms with E-state index in [0.717, 1.165) is 0 Å². The Balaban J connectivity index is 2.31. The Morgan fingerprint density at radius 1 is 1.63 bits per heavy atom. The third-order valence-electron chi connectivity index (χ3n) is 3.13. The highest BCUT2D eigenvalue weighted by atomic mass is 16.3. The first-order chi connectivity index (χ1) is 9.02. The molecule has 7 nitrogen and oxygen atoms in total. The van der Waals surface area contributed by atoms with Crippen molar-refractivity contribution in [1.29, 1.82) is 0 Å². The number of hydrogen-bond acceptors (Lipinski definition) is 6. The van der Waals surface area contributed by atoms with Gasteiger partial charge in [-0.05, 0) is 6.42 Å². The van der Waals surface area contributed by atoms with Crippen LogP contribution in [-0.2, 0) is 0 Å². The van der Waals surface area contributed by atoms with Gasteiger partial charge in [-0.25, -0.2) is 9.97 Å². The number of aliphatic hydroxyl groups excluding tert-OH is 1. The van der Waals surface area contributed by atoms with Crippen molar-refractivity contribution < 1.29 is 9.90 Å². The fourth-order valence-electron chi connectivity index (χ4n) is 2.02. The summed E-state index contributed by atoms with van der Waals surface area (Å²) in [5, 5.41) is 9.50. The molecule has 7 heteroatoms. The molecule has 4 N–H and O–H groups in total. The molecule has 0 aliphatic carbocycles. The van der Waals surface area contributed by atoms with Crippen molar-refractivity contribution in [3.8, 4) is 0 Å². The summed E-state index contributed by atoms with van der Waals surface area (Å²) in [6.45, 7) is 4.78. The van der Waals surface area contributed by atoms with E-state index in [-0.39, 0.29) is 17.5 Å². The number of β-amino-alcohol motifs (C(OH)–C–C–N with tert-alkyl or cyclic N) is 1. The lowest BCUT2D eigenvalue weighted by molar-refractivity contribution is 0.0759. The first-order valence-electron chi connectivity index (χ1n) is 6.33. The topological polar surface area (TPSA) is 104 Å². The monoisotopic (exact) mass is 265 g/mol. The van der Waals surface area contributed by atoms with E-state index in [1.54, 1.807) is 4.90 Å². The van der Waals surface area contributed by atoms with Crippen LogP contribution in [0, 0.1) is 0 Å². The number of hydrazine groups is 1. The van der Waals surface area contributed by atoms with E-state index in [1.807, 2.05) is 13.8 Å². The number of carbonyl (C=O) groups excluding carboxylic acids is 1. The molecular formula is C12H19N5O2. The fourth-order valence-corrected chi connectivity index (χ4v) is 2.02. The molecule has 1 amide bonds. The number of anilines is 1. The number of amides is 1. The van der Waals surface area contributed by atoms with Crippen molar-refractivity contribution >= 4 is 11.6 Å². The predicted octanol–water partition coefficient (Wildman–Crippen LogP) is 0.0924. The van der Waals surface area contributed by atoms with Crippen molar-refractivity contribution in [2.45, 2.75) is 32.3 Å². The predicted molar refractivity (Wildman–Crippen MR) is 70.5 cm³/mol. The molecule has 2 heterocycles. The summed E-state index contributed by atoms with van der Waals surface area (Å²) in [7, 11) is 0. The van der Waals surface area contributed by atoms with E-state index >= 15 is 0 Å². The van der Waals surface area contributed by atoms with Gasteiger partial charge < -0.3 is 15.4 Å². The molecule has 1 aromatic rings. The van der Waals surface area contributed by atoms with Crippen LogP contribution in [0.15, 0.2) is 6.20 Å². The Bertz CT molecular complexity index is 477. The van der Waals surface area contributed by atoms with Crippen LogP contribution in [0.1, 0.15) is 42.5 Å². The number of likely N-dealkylation sites (tertiary alicyclic amines) is 1. The van der Waals surface area contributed by atoms with Crippen molar-refractivity contribution in [3.05, 3.63) is 17.7 Å². The Labute approximate surface area is 111 Å². The summed E-state index contributed by atoms with van der Waals surface area (Å²) < 4.78 is 0. The van der Waals surface area contributed by atoms with E-state index in [9.17, 15) is 9.90 Å². The SMILES string of the molecule is CC(C)c1ncc(NN)c(C(=O)N2CCC(O)C2)n1. The van der Waals surface area contributed by atoms with Gasteiger partial charge in [-0.3, -0.25) is 10.6 Å². The van der Waals surface area contributed by atoms with Gasteiger partial charge in [0.25, 0.3) is 5.91 Å². The molecule has 1 saturated heterocycles. The second-order valence-corrected chi connectivity index (χ2v) is 4.98. The molecule has 0 spiro atoms. The number of nitrogens with one attached hydrogen (secondary N) is 1. The van der Waals surface area contributed by atoms with Crippen molar-refractivity contribution in [1.82, 2.24) is 14.9 Å². The lowest BCUT2D eigenvalue weighted by atomic mass is 10.2. The van der Waals surface area contributed by atoms with Crippen LogP contribution in [0.4, 0.5) is 5.69 Å². The molecule has 1 aliphatic heterocycles. The van der Waals surface area contributed by atoms with Crippen LogP contribution in [0.5, 0.6) is 0 Å². The Kier molecular flexibility index (Phi) is 3.96. The smallest absolute Gasteiger partial charge is 0.274 e. The number of nitrogens with zero attached hydrogens (tertiary/aromatic N) is 3. The zero-order valence-corrected chi connectivity index (χ0v) is 11.1. The van der Waals surface area contributed by atoms with Crippen LogP contribution in [-0.4, -0.2) is 45.1 Å². The third kappa shape index (κ3) is 2.82. The molecule has 0 bridgehead atoms. The van der Waals surface area contributed by atoms with E-state index in [0.29, 0.717) is 31.0 Å². The molecule has 0 aromatic carbocycles. The van der Waals surface area contributed by atoms with Gasteiger partial charge in [-0.15, -0.1) is 0 Å². The molecule has 104 valence electrons. The number of carbonyl (C=O) groups is 1. The molecule has 1 aliphatic rings. The highest BCUT2D eigenvalue weighted by molar-refractivity contribution is 5.97. The lowest BCUT2D eigenvalue weighted by Crippen LogP contribution is -2.31. The number of rotatable bonds is 3. The zero-order chi connectivity index (χ0) is 14.0. The zero-order valence-electron chi connectivity index (χ0n) is 11.1. The molecule has 1 atom stereocenters. The molecule has 0 radical (unpaired) electrons. The minimum absolute atomic E-state index is 0.127. The highest BCUT2D eigenvalue weighted by Crippen LogP contribution is 2.19. The van der Waals surface area contributed by atoms with Gasteiger partial charge in [-0.1, -0.05) is 13.8 Å². The molecule has 1 aromatic heterocycles. The normalized spacial score (nSPS) is 19.0. The van der Waals surface area contributed by atoms with Gasteiger partial charge in [0.1, 0.15) is 5.82 Å². The van der Waals surface area contributed by atoms with Gasteiger partial charge >= 0.3 is 0 Å². The standard InChI is InChI=1S/C12H19N5O2/c1-7(2)11-14-5-9(16-13)10(15-11)12(19)17-4-3-8(18)6-17/h5,7-8,16,18H,3-4,6,13H2,1-2H3. The summed E-state index contributed by atoms with van der Waals surface area (Å²) in [5.74, 6) is 5.89. The second-order valence-electron chi connectivity index (χ2n) is 4.98. The largest absolute Gasteiger partial charge is 0.391 e. The molecule has 0 saturated carbocycles. The summed E-state index contributed by atoms with van der Waals surface area (Å²) in [6.07, 6.45) is 1.66. The summed E-state index contributed by atoms with van der Waals surface area (Å²) >= 11 is 0. The van der Waals surface area contributed by atoms with Crippen LogP contribution in [0.3, 0.4) is 0 Å². The minimum atomic E-state index is -0.454. The highest BCUT2D eigenvalue weighted by Gasteiger charge is 2.28. The number of nitrogens with two attached hydrogens (primary N) is 1. The molecular weight excluding hydrogens is 246 g/mol. The van der Waals surface area contributed by atoms with Gasteiger partial charge in [0.15, 0.2) is 5.69 Å². The second kappa shape index (κ2) is 5.50. The van der Waals surface area contributed by atoms with E-state index < -0.39 is 6.10 Å². The van der Waals surface area contributed by atoms with Crippen LogP contribution in [0.25, 0.3) is 0 Å². The number of aromatic nitrogens is 2. The lowest BCUT2D eigenvalue weighted by Gasteiger charge is -2.17. The Hall–Kier alpha value is -1.73. The quantitative estimate of drug-likeness (QED) is 0.528. The average molecular weight is 265 g/mol. The van der Waals surface area contributed by atoms with E-state index in [2.05, 4.69) is 15.4 Å². The third-order valence-corrected chi connectivity index (χ3v) is 3.13. The van der Waals surface area contributed by atoms with Crippen LogP contribution >= 0.6 is 0 Å². The minimum Gasteiger partial charge on any atom is -0.391 e. The summed E-state index contributed by atoms with van der Waals surface area (Å²) in [6, 6.07) is 0. The first-order valence-corrected chi connectivity index (χ1v) is 6.33. The van der Waals surface area contributed by atoms with Gasteiger partial charge in [0, 0.05) is 19.0 Å². The molecule has 1 fully saturated rings. The van der Waals surface area contributed by atoms with Crippen LogP contribution < -0.4 is 11.3 Å². The van der Waals surface area contributed by atoms with Gasteiger partial charge in [-0.2, -0.15) is 0 Å². The van der Waals surface area contributed by atoms with E-state index in [4.69, 9.17) is 5.84 Å². The Morgan fingerprint density at radius 2 is 2.37 bits per heavy atom. The molecule has 1 unspecified atom stereocenters.